The van der Waals surface area contributed by atoms with Gasteiger partial charge in [0, 0.05) is 10.6 Å². The molecular formula is C26H22ClN5O4S. The molecule has 4 rings (SSSR count). The number of benzene rings is 3. The molecule has 0 aliphatic heterocycles. The lowest BCUT2D eigenvalue weighted by molar-refractivity contribution is -0.136. The highest BCUT2D eigenvalue weighted by Crippen LogP contribution is 2.29. The van der Waals surface area contributed by atoms with Gasteiger partial charge in [-0.15, -0.1) is 10.2 Å². The second-order valence-corrected chi connectivity index (χ2v) is 8.90. The van der Waals surface area contributed by atoms with Gasteiger partial charge in [-0.2, -0.15) is 5.10 Å². The number of carbonyl (C=O) groups excluding carboxylic acids is 2. The molecule has 0 aliphatic carbocycles. The quantitative estimate of drug-likeness (QED) is 0.178. The zero-order valence-electron chi connectivity index (χ0n) is 19.7. The molecular weight excluding hydrogens is 514 g/mol. The lowest BCUT2D eigenvalue weighted by Gasteiger charge is -2.12. The van der Waals surface area contributed by atoms with Crippen LogP contribution in [0.5, 0.6) is 11.5 Å². The van der Waals surface area contributed by atoms with E-state index < -0.39 is 11.8 Å². The molecule has 0 atom stereocenters. The first kappa shape index (κ1) is 25.8. The maximum absolute atomic E-state index is 12.2. The molecule has 188 valence electrons. The Balaban J connectivity index is 1.32. The third kappa shape index (κ3) is 7.35. The summed E-state index contributed by atoms with van der Waals surface area (Å²) >= 11 is 7.08. The van der Waals surface area contributed by atoms with Gasteiger partial charge < -0.3 is 9.47 Å². The fourth-order valence-corrected chi connectivity index (χ4v) is 3.95. The first-order chi connectivity index (χ1) is 18.0. The van der Waals surface area contributed by atoms with Crippen LogP contribution in [0, 0.1) is 0 Å². The van der Waals surface area contributed by atoms with E-state index in [1.54, 1.807) is 30.3 Å². The second-order valence-electron chi connectivity index (χ2n) is 7.49. The summed E-state index contributed by atoms with van der Waals surface area (Å²) in [7, 11) is 0. The smallest absolute Gasteiger partial charge is 0.329 e. The SMILES string of the molecule is CCOc1cc(C=NNC(=O)C(=O)Nc2nnc(-c3ccccc3)s2)ccc1OCc1ccc(Cl)cc1. The maximum Gasteiger partial charge on any atom is 0.329 e. The van der Waals surface area contributed by atoms with E-state index in [4.69, 9.17) is 21.1 Å². The summed E-state index contributed by atoms with van der Waals surface area (Å²) in [5, 5.41) is 15.7. The Bertz CT molecular complexity index is 1390. The Labute approximate surface area is 222 Å². The van der Waals surface area contributed by atoms with Crippen molar-refractivity contribution in [3.05, 3.63) is 88.9 Å². The van der Waals surface area contributed by atoms with Crippen LogP contribution in [0.1, 0.15) is 18.1 Å². The summed E-state index contributed by atoms with van der Waals surface area (Å²) < 4.78 is 11.6. The van der Waals surface area contributed by atoms with Crippen LogP contribution in [0.15, 0.2) is 77.9 Å². The molecule has 37 heavy (non-hydrogen) atoms. The second kappa shape index (κ2) is 12.6. The molecule has 0 unspecified atom stereocenters. The Kier molecular flexibility index (Phi) is 8.79. The largest absolute Gasteiger partial charge is 0.490 e. The van der Waals surface area contributed by atoms with Crippen LogP contribution in [-0.2, 0) is 16.2 Å². The third-order valence-electron chi connectivity index (χ3n) is 4.83. The molecule has 2 amide bonds. The topological polar surface area (TPSA) is 115 Å². The van der Waals surface area contributed by atoms with Crippen molar-refractivity contribution >= 4 is 46.1 Å². The number of halogens is 1. The lowest BCUT2D eigenvalue weighted by Crippen LogP contribution is -2.32. The number of hydrogen-bond acceptors (Lipinski definition) is 8. The predicted octanol–water partition coefficient (Wildman–Crippen LogP) is 4.93. The van der Waals surface area contributed by atoms with E-state index >= 15 is 0 Å². The van der Waals surface area contributed by atoms with Crippen LogP contribution < -0.4 is 20.2 Å². The minimum atomic E-state index is -0.944. The Hall–Kier alpha value is -4.28. The zero-order valence-corrected chi connectivity index (χ0v) is 21.3. The first-order valence-corrected chi connectivity index (χ1v) is 12.4. The number of hydrazone groups is 1. The van der Waals surface area contributed by atoms with E-state index in [0.717, 1.165) is 22.5 Å². The van der Waals surface area contributed by atoms with Crippen molar-refractivity contribution in [2.75, 3.05) is 11.9 Å². The summed E-state index contributed by atoms with van der Waals surface area (Å²) in [4.78, 5) is 24.3. The molecule has 0 fully saturated rings. The van der Waals surface area contributed by atoms with Crippen LogP contribution in [-0.4, -0.2) is 34.8 Å². The molecule has 3 aromatic carbocycles. The van der Waals surface area contributed by atoms with Gasteiger partial charge in [0.1, 0.15) is 11.6 Å². The average molecular weight is 536 g/mol. The summed E-state index contributed by atoms with van der Waals surface area (Å²) in [6.45, 7) is 2.65. The first-order valence-electron chi connectivity index (χ1n) is 11.2. The molecule has 0 saturated carbocycles. The zero-order chi connectivity index (χ0) is 26.0. The minimum Gasteiger partial charge on any atom is -0.490 e. The number of nitrogens with zero attached hydrogens (tertiary/aromatic N) is 3. The summed E-state index contributed by atoms with van der Waals surface area (Å²) in [6.07, 6.45) is 1.40. The Morgan fingerprint density at radius 3 is 2.51 bits per heavy atom. The fraction of sp³-hybridized carbons (Fsp3) is 0.115. The number of aromatic nitrogens is 2. The van der Waals surface area contributed by atoms with Gasteiger partial charge in [-0.3, -0.25) is 14.9 Å². The molecule has 2 N–H and O–H groups in total. The van der Waals surface area contributed by atoms with E-state index in [1.807, 2.05) is 49.4 Å². The Morgan fingerprint density at radius 2 is 1.76 bits per heavy atom. The molecule has 1 aromatic heterocycles. The number of rotatable bonds is 9. The molecule has 4 aromatic rings. The maximum atomic E-state index is 12.2. The average Bonchev–Trinajstić information content (AvgIpc) is 3.38. The Morgan fingerprint density at radius 1 is 0.973 bits per heavy atom. The normalized spacial score (nSPS) is 10.8. The van der Waals surface area contributed by atoms with Crippen LogP contribution in [0.3, 0.4) is 0 Å². The lowest BCUT2D eigenvalue weighted by atomic mass is 10.2. The summed E-state index contributed by atoms with van der Waals surface area (Å²) in [6, 6.07) is 22.0. The van der Waals surface area contributed by atoms with Crippen molar-refractivity contribution in [1.29, 1.82) is 0 Å². The van der Waals surface area contributed by atoms with Crippen LogP contribution in [0.25, 0.3) is 10.6 Å². The monoisotopic (exact) mass is 535 g/mol. The van der Waals surface area contributed by atoms with Gasteiger partial charge in [-0.25, -0.2) is 5.43 Å². The van der Waals surface area contributed by atoms with Crippen LogP contribution in [0.4, 0.5) is 5.13 Å². The molecule has 0 bridgehead atoms. The number of ether oxygens (including phenoxy) is 2. The standard InChI is InChI=1S/C26H22ClN5O4S/c1-2-35-22-14-18(10-13-21(22)36-16-17-8-11-20(27)12-9-17)15-28-30-24(34)23(33)29-26-32-31-25(37-26)19-6-4-3-5-7-19/h3-15H,2,16H2,1H3,(H,30,34)(H,29,32,33). The van der Waals surface area contributed by atoms with Gasteiger partial charge in [-0.05, 0) is 48.4 Å². The molecule has 0 aliphatic rings. The van der Waals surface area contributed by atoms with Gasteiger partial charge >= 0.3 is 11.8 Å². The van der Waals surface area contributed by atoms with Gasteiger partial charge in [-0.1, -0.05) is 65.4 Å². The highest BCUT2D eigenvalue weighted by Gasteiger charge is 2.16. The van der Waals surface area contributed by atoms with E-state index in [-0.39, 0.29) is 5.13 Å². The van der Waals surface area contributed by atoms with E-state index in [1.165, 1.54) is 6.21 Å². The molecule has 0 radical (unpaired) electrons. The number of amides is 2. The predicted molar refractivity (Wildman–Crippen MR) is 143 cm³/mol. The molecule has 1 heterocycles. The molecule has 9 nitrogen and oxygen atoms in total. The molecule has 0 spiro atoms. The van der Waals surface area contributed by atoms with Gasteiger partial charge in [0.05, 0.1) is 12.8 Å². The number of carbonyl (C=O) groups is 2. The highest BCUT2D eigenvalue weighted by molar-refractivity contribution is 7.18. The summed E-state index contributed by atoms with van der Waals surface area (Å²) in [5.41, 5.74) is 4.66. The number of nitrogens with one attached hydrogen (secondary N) is 2. The van der Waals surface area contributed by atoms with Crippen molar-refractivity contribution in [1.82, 2.24) is 15.6 Å². The van der Waals surface area contributed by atoms with Crippen LogP contribution in [0.2, 0.25) is 5.02 Å². The van der Waals surface area contributed by atoms with Crippen molar-refractivity contribution in [3.63, 3.8) is 0 Å². The highest BCUT2D eigenvalue weighted by atomic mass is 35.5. The van der Waals surface area contributed by atoms with Crippen molar-refractivity contribution in [2.45, 2.75) is 13.5 Å². The molecule has 0 saturated heterocycles. The van der Waals surface area contributed by atoms with Gasteiger partial charge in [0.2, 0.25) is 5.13 Å². The van der Waals surface area contributed by atoms with E-state index in [2.05, 4.69) is 26.0 Å². The minimum absolute atomic E-state index is 0.207. The van der Waals surface area contributed by atoms with Gasteiger partial charge in [0.15, 0.2) is 11.5 Å². The van der Waals surface area contributed by atoms with Crippen molar-refractivity contribution in [3.8, 4) is 22.1 Å². The van der Waals surface area contributed by atoms with E-state index in [0.29, 0.717) is 40.3 Å². The number of hydrogen-bond donors (Lipinski definition) is 2. The van der Waals surface area contributed by atoms with Crippen molar-refractivity contribution in [2.24, 2.45) is 5.10 Å². The fourth-order valence-electron chi connectivity index (χ4n) is 3.08. The van der Waals surface area contributed by atoms with Crippen molar-refractivity contribution < 1.29 is 19.1 Å². The summed E-state index contributed by atoms with van der Waals surface area (Å²) in [5.74, 6) is -0.770. The third-order valence-corrected chi connectivity index (χ3v) is 5.97. The van der Waals surface area contributed by atoms with Gasteiger partial charge in [0.25, 0.3) is 0 Å². The number of anilines is 1. The van der Waals surface area contributed by atoms with Crippen LogP contribution >= 0.6 is 22.9 Å². The van der Waals surface area contributed by atoms with E-state index in [9.17, 15) is 9.59 Å². The molecule has 11 heteroatoms.